The lowest BCUT2D eigenvalue weighted by Gasteiger charge is -2.31. The van der Waals surface area contributed by atoms with Gasteiger partial charge in [-0.1, -0.05) is 23.7 Å². The molecular formula is C20H16ClF2NO2. The van der Waals surface area contributed by atoms with Crippen LogP contribution in [0.2, 0.25) is 5.02 Å². The molecule has 1 saturated heterocycles. The van der Waals surface area contributed by atoms with Gasteiger partial charge < -0.3 is 9.32 Å². The maximum absolute atomic E-state index is 13.2. The standard InChI is InChI=1S/C20H16ClF2NO2/c21-17-11-15(12-18-16(17)5-10-26-18)13-1-3-14(4-2-13)19(25)24-8-6-20(22,23)7-9-24/h1-5,10-12H,6-9H2. The second-order valence-electron chi connectivity index (χ2n) is 6.52. The van der Waals surface area contributed by atoms with Crippen LogP contribution < -0.4 is 0 Å². The summed E-state index contributed by atoms with van der Waals surface area (Å²) in [6.45, 7) is 0.163. The lowest BCUT2D eigenvalue weighted by Crippen LogP contribution is -2.42. The molecule has 2 heterocycles. The van der Waals surface area contributed by atoms with E-state index < -0.39 is 5.92 Å². The van der Waals surface area contributed by atoms with E-state index in [4.69, 9.17) is 16.0 Å². The number of amides is 1. The predicted molar refractivity (Wildman–Crippen MR) is 96.7 cm³/mol. The molecule has 0 atom stereocenters. The van der Waals surface area contributed by atoms with Crippen molar-refractivity contribution in [3.05, 3.63) is 59.3 Å². The number of likely N-dealkylation sites (tertiary alicyclic amines) is 1. The molecule has 1 aliphatic heterocycles. The first-order valence-electron chi connectivity index (χ1n) is 8.37. The van der Waals surface area contributed by atoms with E-state index in [0.717, 1.165) is 16.5 Å². The summed E-state index contributed by atoms with van der Waals surface area (Å²) in [4.78, 5) is 14.0. The normalized spacial score (nSPS) is 16.8. The van der Waals surface area contributed by atoms with Crippen molar-refractivity contribution in [3.63, 3.8) is 0 Å². The molecular weight excluding hydrogens is 360 g/mol. The first kappa shape index (κ1) is 17.0. The molecule has 0 unspecified atom stereocenters. The van der Waals surface area contributed by atoms with Crippen molar-refractivity contribution < 1.29 is 18.0 Å². The summed E-state index contributed by atoms with van der Waals surface area (Å²) in [5, 5.41) is 1.45. The van der Waals surface area contributed by atoms with Gasteiger partial charge >= 0.3 is 0 Å². The van der Waals surface area contributed by atoms with Crippen LogP contribution in [-0.2, 0) is 0 Å². The molecule has 0 bridgehead atoms. The highest BCUT2D eigenvalue weighted by atomic mass is 35.5. The van der Waals surface area contributed by atoms with Crippen LogP contribution in [0.5, 0.6) is 0 Å². The number of alkyl halides is 2. The van der Waals surface area contributed by atoms with Crippen LogP contribution >= 0.6 is 11.6 Å². The van der Waals surface area contributed by atoms with E-state index >= 15 is 0 Å². The maximum atomic E-state index is 13.2. The molecule has 26 heavy (non-hydrogen) atoms. The van der Waals surface area contributed by atoms with E-state index in [-0.39, 0.29) is 31.8 Å². The Labute approximate surface area is 154 Å². The van der Waals surface area contributed by atoms with Crippen LogP contribution in [0.25, 0.3) is 22.1 Å². The first-order valence-corrected chi connectivity index (χ1v) is 8.75. The molecule has 1 aliphatic rings. The summed E-state index contributed by atoms with van der Waals surface area (Å²) in [6, 6.07) is 12.6. The number of hydrogen-bond acceptors (Lipinski definition) is 2. The number of benzene rings is 2. The Morgan fingerprint density at radius 1 is 1.04 bits per heavy atom. The van der Waals surface area contributed by atoms with Crippen molar-refractivity contribution in [2.24, 2.45) is 0 Å². The Kier molecular flexibility index (Phi) is 4.19. The number of carbonyl (C=O) groups is 1. The smallest absolute Gasteiger partial charge is 0.253 e. The molecule has 1 amide bonds. The number of halogens is 3. The molecule has 0 aliphatic carbocycles. The number of rotatable bonds is 2. The lowest BCUT2D eigenvalue weighted by molar-refractivity contribution is -0.0494. The van der Waals surface area contributed by atoms with Gasteiger partial charge in [0.15, 0.2) is 0 Å². The molecule has 0 spiro atoms. The highest BCUT2D eigenvalue weighted by Crippen LogP contribution is 2.32. The van der Waals surface area contributed by atoms with Crippen molar-refractivity contribution in [2.45, 2.75) is 18.8 Å². The second-order valence-corrected chi connectivity index (χ2v) is 6.92. The van der Waals surface area contributed by atoms with Gasteiger partial charge in [-0.25, -0.2) is 8.78 Å². The van der Waals surface area contributed by atoms with Crippen molar-refractivity contribution in [2.75, 3.05) is 13.1 Å². The summed E-state index contributed by atoms with van der Waals surface area (Å²) in [5.74, 6) is -2.88. The van der Waals surface area contributed by atoms with Gasteiger partial charge in [-0.3, -0.25) is 4.79 Å². The molecule has 134 valence electrons. The zero-order chi connectivity index (χ0) is 18.3. The van der Waals surface area contributed by atoms with E-state index in [1.165, 1.54) is 4.90 Å². The van der Waals surface area contributed by atoms with Crippen LogP contribution in [0.1, 0.15) is 23.2 Å². The second kappa shape index (κ2) is 6.40. The summed E-state index contributed by atoms with van der Waals surface area (Å²) in [6.07, 6.45) is 1.03. The predicted octanol–water partition coefficient (Wildman–Crippen LogP) is 5.62. The molecule has 6 heteroatoms. The number of nitrogens with zero attached hydrogens (tertiary/aromatic N) is 1. The van der Waals surface area contributed by atoms with E-state index in [2.05, 4.69) is 0 Å². The highest BCUT2D eigenvalue weighted by molar-refractivity contribution is 6.35. The zero-order valence-electron chi connectivity index (χ0n) is 13.8. The number of piperidine rings is 1. The molecule has 0 N–H and O–H groups in total. The third-order valence-electron chi connectivity index (χ3n) is 4.77. The van der Waals surface area contributed by atoms with E-state index in [1.807, 2.05) is 30.3 Å². The van der Waals surface area contributed by atoms with Crippen LogP contribution in [-0.4, -0.2) is 29.8 Å². The van der Waals surface area contributed by atoms with Crippen LogP contribution in [0, 0.1) is 0 Å². The van der Waals surface area contributed by atoms with Crippen LogP contribution in [0.15, 0.2) is 53.1 Å². The van der Waals surface area contributed by atoms with Gasteiger partial charge in [0.25, 0.3) is 11.8 Å². The third-order valence-corrected chi connectivity index (χ3v) is 5.08. The Morgan fingerprint density at radius 3 is 2.42 bits per heavy atom. The van der Waals surface area contributed by atoms with Crippen LogP contribution in [0.3, 0.4) is 0 Å². The Balaban J connectivity index is 1.55. The molecule has 2 aromatic carbocycles. The van der Waals surface area contributed by atoms with Gasteiger partial charge in [0.1, 0.15) is 5.58 Å². The van der Waals surface area contributed by atoms with E-state index in [1.54, 1.807) is 18.4 Å². The monoisotopic (exact) mass is 375 g/mol. The topological polar surface area (TPSA) is 33.5 Å². The number of hydrogen-bond donors (Lipinski definition) is 0. The van der Waals surface area contributed by atoms with Gasteiger partial charge in [-0.05, 0) is 41.5 Å². The Morgan fingerprint density at radius 2 is 1.73 bits per heavy atom. The Hall–Kier alpha value is -2.40. The molecule has 1 aromatic heterocycles. The molecule has 3 nitrogen and oxygen atoms in total. The summed E-state index contributed by atoms with van der Waals surface area (Å²) in [7, 11) is 0. The van der Waals surface area contributed by atoms with Gasteiger partial charge in [-0.2, -0.15) is 0 Å². The quantitative estimate of drug-likeness (QED) is 0.582. The maximum Gasteiger partial charge on any atom is 0.253 e. The molecule has 1 fully saturated rings. The zero-order valence-corrected chi connectivity index (χ0v) is 14.6. The van der Waals surface area contributed by atoms with E-state index in [9.17, 15) is 13.6 Å². The minimum absolute atomic E-state index is 0.0817. The Bertz CT molecular complexity index is 956. The van der Waals surface area contributed by atoms with Crippen LogP contribution in [0.4, 0.5) is 8.78 Å². The highest BCUT2D eigenvalue weighted by Gasteiger charge is 2.35. The summed E-state index contributed by atoms with van der Waals surface area (Å²) < 4.78 is 31.9. The fraction of sp³-hybridized carbons (Fsp3) is 0.250. The molecule has 0 radical (unpaired) electrons. The lowest BCUT2D eigenvalue weighted by atomic mass is 10.0. The fourth-order valence-corrected chi connectivity index (χ4v) is 3.49. The fourth-order valence-electron chi connectivity index (χ4n) is 3.22. The minimum Gasteiger partial charge on any atom is -0.464 e. The van der Waals surface area contributed by atoms with Crippen molar-refractivity contribution in [1.82, 2.24) is 4.90 Å². The number of furan rings is 1. The largest absolute Gasteiger partial charge is 0.464 e. The molecule has 3 aromatic rings. The van der Waals surface area contributed by atoms with Crippen molar-refractivity contribution in [3.8, 4) is 11.1 Å². The third kappa shape index (κ3) is 3.19. The van der Waals surface area contributed by atoms with Gasteiger partial charge in [0.2, 0.25) is 0 Å². The number of fused-ring (bicyclic) bond motifs is 1. The van der Waals surface area contributed by atoms with Gasteiger partial charge in [0.05, 0.1) is 11.3 Å². The average molecular weight is 376 g/mol. The van der Waals surface area contributed by atoms with Crippen molar-refractivity contribution in [1.29, 1.82) is 0 Å². The average Bonchev–Trinajstić information content (AvgIpc) is 3.10. The van der Waals surface area contributed by atoms with Gasteiger partial charge in [-0.15, -0.1) is 0 Å². The van der Waals surface area contributed by atoms with E-state index in [0.29, 0.717) is 16.2 Å². The minimum atomic E-state index is -2.66. The summed E-state index contributed by atoms with van der Waals surface area (Å²) in [5.41, 5.74) is 2.96. The first-order chi connectivity index (χ1) is 12.4. The molecule has 0 saturated carbocycles. The molecule has 4 rings (SSSR count). The van der Waals surface area contributed by atoms with Gasteiger partial charge in [0, 0.05) is 36.9 Å². The number of carbonyl (C=O) groups excluding carboxylic acids is 1. The summed E-state index contributed by atoms with van der Waals surface area (Å²) >= 11 is 6.28. The van der Waals surface area contributed by atoms with Crippen molar-refractivity contribution >= 4 is 28.5 Å². The SMILES string of the molecule is O=C(c1ccc(-c2cc(Cl)c3ccoc3c2)cc1)N1CCC(F)(F)CC1.